The van der Waals surface area contributed by atoms with Crippen LogP contribution in [0.25, 0.3) is 0 Å². The van der Waals surface area contributed by atoms with Gasteiger partial charge in [0.25, 0.3) is 11.6 Å². The second kappa shape index (κ2) is 11.7. The number of carbonyl (C=O) groups is 2. The zero-order valence-corrected chi connectivity index (χ0v) is 24.2. The van der Waals surface area contributed by atoms with E-state index in [2.05, 4.69) is 10.3 Å². The molecule has 1 aromatic carbocycles. The summed E-state index contributed by atoms with van der Waals surface area (Å²) in [5.41, 5.74) is -0.799. The van der Waals surface area contributed by atoms with Crippen LogP contribution in [-0.2, 0) is 37.6 Å². The van der Waals surface area contributed by atoms with Gasteiger partial charge < -0.3 is 23.6 Å². The molecule has 0 unspecified atom stereocenters. The fourth-order valence-corrected chi connectivity index (χ4v) is 8.76. The highest BCUT2D eigenvalue weighted by molar-refractivity contribution is 6.72. The molecule has 2 aliphatic heterocycles. The molecule has 218 valence electrons. The zero-order valence-electron chi connectivity index (χ0n) is 23.2. The first kappa shape index (κ1) is 29.7. The maximum atomic E-state index is 15.9. The van der Waals surface area contributed by atoms with Gasteiger partial charge in [-0.05, 0) is 38.4 Å². The highest BCUT2D eigenvalue weighted by Crippen LogP contribution is 2.60. The van der Waals surface area contributed by atoms with E-state index < -0.39 is 36.5 Å². The number of non-ortho nitro benzene ring substituents is 1. The lowest BCUT2D eigenvalue weighted by Crippen LogP contribution is -2.45. The number of aliphatic hydroxyl groups excluding tert-OH is 1. The van der Waals surface area contributed by atoms with Crippen LogP contribution in [0.2, 0.25) is 18.6 Å². The molecule has 1 fully saturated rings. The van der Waals surface area contributed by atoms with Crippen molar-refractivity contribution in [1.82, 2.24) is 15.0 Å². The van der Waals surface area contributed by atoms with Crippen molar-refractivity contribution in [1.29, 1.82) is 0 Å². The molecule has 1 N–H and O–H groups in total. The average Bonchev–Trinajstić information content (AvgIpc) is 3.54. The summed E-state index contributed by atoms with van der Waals surface area (Å²) in [6.07, 6.45) is 3.00. The molecule has 1 saturated heterocycles. The number of hydrogen-bond donors (Lipinski definition) is 1. The standard InChI is InChI=1S/C26H36FN5O7Si/c1-17-24(40(3,4)27)22(10-13-30-16-18(11-14-33)28-29-30)39-26(17)20-15-19(32(36)37)8-9-21(20)31(25(26)35)12-6-5-7-23(34)38-2/h8-9,15-17,22,24,33H,5-7,10-14H2,1-4H3/t17-,22+,24-,26+/m1/s1. The molecular formula is C26H36FN5O7Si. The van der Waals surface area contributed by atoms with Gasteiger partial charge in [-0.3, -0.25) is 24.4 Å². The molecule has 2 aromatic rings. The van der Waals surface area contributed by atoms with Crippen molar-refractivity contribution in [3.8, 4) is 0 Å². The SMILES string of the molecule is COC(=O)CCCCN1C(=O)[C@@]2(O[C@@H](CCn3cc(CCO)nn3)[C@H]([Si](C)(C)F)[C@H]2C)c2cc([N+](=O)[O-])ccc21. The minimum Gasteiger partial charge on any atom is -0.469 e. The number of nitro benzene ring substituents is 1. The first-order valence-electron chi connectivity index (χ1n) is 13.5. The van der Waals surface area contributed by atoms with Crippen molar-refractivity contribution in [3.05, 3.63) is 45.8 Å². The number of ether oxygens (including phenoxy) is 2. The number of aliphatic hydroxyl groups is 1. The lowest BCUT2D eigenvalue weighted by molar-refractivity contribution is -0.385. The highest BCUT2D eigenvalue weighted by atomic mass is 28.4. The Morgan fingerprint density at radius 2 is 2.08 bits per heavy atom. The summed E-state index contributed by atoms with van der Waals surface area (Å²) in [5, 5.41) is 28.9. The van der Waals surface area contributed by atoms with E-state index >= 15 is 4.11 Å². The number of unbranched alkanes of at least 4 members (excludes halogenated alkanes) is 1. The third-order valence-corrected chi connectivity index (χ3v) is 10.4. The smallest absolute Gasteiger partial charge is 0.305 e. The van der Waals surface area contributed by atoms with E-state index in [9.17, 15) is 19.7 Å². The number of methoxy groups -OCH3 is 1. The predicted octanol–water partition coefficient (Wildman–Crippen LogP) is 3.28. The second-order valence-corrected chi connectivity index (χ2v) is 14.8. The Morgan fingerprint density at radius 3 is 2.73 bits per heavy atom. The van der Waals surface area contributed by atoms with E-state index in [0.29, 0.717) is 49.2 Å². The Morgan fingerprint density at radius 1 is 1.32 bits per heavy atom. The molecule has 1 amide bonds. The summed E-state index contributed by atoms with van der Waals surface area (Å²) in [5.74, 6) is -1.30. The molecule has 4 atom stereocenters. The maximum absolute atomic E-state index is 15.9. The van der Waals surface area contributed by atoms with Crippen molar-refractivity contribution >= 4 is 31.7 Å². The lowest BCUT2D eigenvalue weighted by Gasteiger charge is -2.31. The molecular weight excluding hydrogens is 541 g/mol. The Bertz CT molecular complexity index is 1270. The molecule has 0 saturated carbocycles. The van der Waals surface area contributed by atoms with Gasteiger partial charge >= 0.3 is 5.97 Å². The van der Waals surface area contributed by atoms with E-state index in [-0.39, 0.29) is 37.1 Å². The van der Waals surface area contributed by atoms with Crippen molar-refractivity contribution < 1.29 is 33.2 Å². The Balaban J connectivity index is 1.67. The summed E-state index contributed by atoms with van der Waals surface area (Å²) < 4.78 is 28.9. The highest BCUT2D eigenvalue weighted by Gasteiger charge is 2.66. The van der Waals surface area contributed by atoms with Gasteiger partial charge in [0.05, 0.1) is 29.5 Å². The van der Waals surface area contributed by atoms with Crippen molar-refractivity contribution in [3.63, 3.8) is 0 Å². The van der Waals surface area contributed by atoms with Crippen LogP contribution in [0.4, 0.5) is 15.5 Å². The number of aryl methyl sites for hydroxylation is 1. The number of halogens is 1. The first-order valence-corrected chi connectivity index (χ1v) is 16.4. The van der Waals surface area contributed by atoms with Gasteiger partial charge in [0.1, 0.15) is 0 Å². The number of fused-ring (bicyclic) bond motifs is 2. The fraction of sp³-hybridized carbons (Fsp3) is 0.615. The Kier molecular flexibility index (Phi) is 8.71. The van der Waals surface area contributed by atoms with Gasteiger partial charge in [0, 0.05) is 67.9 Å². The van der Waals surface area contributed by atoms with E-state index in [1.807, 2.05) is 0 Å². The van der Waals surface area contributed by atoms with E-state index in [1.165, 1.54) is 19.2 Å². The number of hydrogen-bond acceptors (Lipinski definition) is 9. The molecule has 1 aromatic heterocycles. The zero-order chi connectivity index (χ0) is 29.2. The Hall–Kier alpha value is -3.23. The average molecular weight is 578 g/mol. The minimum absolute atomic E-state index is 0.0545. The Labute approximate surface area is 232 Å². The molecule has 1 spiro atoms. The molecule has 14 heteroatoms. The topological polar surface area (TPSA) is 150 Å². The number of rotatable bonds is 12. The second-order valence-electron chi connectivity index (χ2n) is 11.0. The lowest BCUT2D eigenvalue weighted by atomic mass is 9.82. The quantitative estimate of drug-likeness (QED) is 0.100. The number of nitro groups is 1. The number of nitrogens with zero attached hydrogens (tertiary/aromatic N) is 5. The summed E-state index contributed by atoms with van der Waals surface area (Å²) in [6.45, 7) is 5.57. The molecule has 3 heterocycles. The maximum Gasteiger partial charge on any atom is 0.305 e. The molecule has 0 radical (unpaired) electrons. The van der Waals surface area contributed by atoms with Crippen molar-refractivity contribution in [2.45, 2.75) is 75.9 Å². The third kappa shape index (κ3) is 5.52. The van der Waals surface area contributed by atoms with Gasteiger partial charge in [0.2, 0.25) is 8.41 Å². The minimum atomic E-state index is -3.41. The molecule has 12 nitrogen and oxygen atoms in total. The van der Waals surface area contributed by atoms with E-state index in [4.69, 9.17) is 14.6 Å². The summed E-state index contributed by atoms with van der Waals surface area (Å²) >= 11 is 0. The van der Waals surface area contributed by atoms with Crippen LogP contribution >= 0.6 is 0 Å². The van der Waals surface area contributed by atoms with Crippen LogP contribution in [0.1, 0.15) is 43.9 Å². The van der Waals surface area contributed by atoms with Gasteiger partial charge in [-0.15, -0.1) is 5.10 Å². The molecule has 2 aliphatic rings. The van der Waals surface area contributed by atoms with Crippen molar-refractivity contribution in [2.75, 3.05) is 25.2 Å². The number of aromatic nitrogens is 3. The third-order valence-electron chi connectivity index (χ3n) is 7.99. The summed E-state index contributed by atoms with van der Waals surface area (Å²) in [6, 6.07) is 4.28. The largest absolute Gasteiger partial charge is 0.469 e. The monoisotopic (exact) mass is 577 g/mol. The van der Waals surface area contributed by atoms with Crippen LogP contribution in [-0.4, -0.2) is 71.7 Å². The van der Waals surface area contributed by atoms with Gasteiger partial charge in [-0.2, -0.15) is 0 Å². The van der Waals surface area contributed by atoms with E-state index in [0.717, 1.165) is 0 Å². The first-order chi connectivity index (χ1) is 18.9. The fourth-order valence-electron chi connectivity index (χ4n) is 6.22. The summed E-state index contributed by atoms with van der Waals surface area (Å²) in [4.78, 5) is 38.5. The predicted molar refractivity (Wildman–Crippen MR) is 145 cm³/mol. The number of carbonyl (C=O) groups excluding carboxylic acids is 2. The molecule has 40 heavy (non-hydrogen) atoms. The van der Waals surface area contributed by atoms with Crippen LogP contribution < -0.4 is 4.90 Å². The summed E-state index contributed by atoms with van der Waals surface area (Å²) in [7, 11) is -2.09. The number of amides is 1. The number of esters is 1. The van der Waals surface area contributed by atoms with Gasteiger partial charge in [-0.25, -0.2) is 0 Å². The van der Waals surface area contributed by atoms with Gasteiger partial charge in [0.15, 0.2) is 5.60 Å². The van der Waals surface area contributed by atoms with Crippen LogP contribution in [0.5, 0.6) is 0 Å². The van der Waals surface area contributed by atoms with Crippen LogP contribution in [0.15, 0.2) is 24.4 Å². The van der Waals surface area contributed by atoms with E-state index in [1.54, 1.807) is 41.9 Å². The van der Waals surface area contributed by atoms with Gasteiger partial charge in [-0.1, -0.05) is 12.1 Å². The number of benzene rings is 1. The van der Waals surface area contributed by atoms with Crippen LogP contribution in [0, 0.1) is 16.0 Å². The molecule has 0 aliphatic carbocycles. The number of anilines is 1. The molecule has 0 bridgehead atoms. The van der Waals surface area contributed by atoms with Crippen molar-refractivity contribution in [2.24, 2.45) is 5.92 Å². The van der Waals surface area contributed by atoms with Crippen LogP contribution in [0.3, 0.4) is 0 Å². The normalized spacial score (nSPS) is 24.1. The molecule has 4 rings (SSSR count).